The second kappa shape index (κ2) is 4.02. The monoisotopic (exact) mass is 237 g/mol. The Hall–Kier alpha value is -0.740. The van der Waals surface area contributed by atoms with Crippen molar-refractivity contribution in [2.45, 2.75) is 26.1 Å². The summed E-state index contributed by atoms with van der Waals surface area (Å²) in [7, 11) is 0. The van der Waals surface area contributed by atoms with Gasteiger partial charge < -0.3 is 5.73 Å². The molecule has 0 spiro atoms. The van der Waals surface area contributed by atoms with Gasteiger partial charge in [-0.15, -0.1) is 0 Å². The lowest BCUT2D eigenvalue weighted by atomic mass is 10.0. The molecular formula is C10H11ClF3N. The molecule has 0 radical (unpaired) electrons. The van der Waals surface area contributed by atoms with Gasteiger partial charge in [0.05, 0.1) is 0 Å². The second-order valence-corrected chi connectivity index (χ2v) is 3.88. The number of rotatable bonds is 1. The highest BCUT2D eigenvalue weighted by Gasteiger charge is 2.38. The van der Waals surface area contributed by atoms with Crippen molar-refractivity contribution in [2.24, 2.45) is 5.73 Å². The molecule has 0 fully saturated rings. The maximum atomic E-state index is 12.4. The van der Waals surface area contributed by atoms with Crippen LogP contribution in [0.3, 0.4) is 0 Å². The number of hydrogen-bond acceptors (Lipinski definition) is 1. The van der Waals surface area contributed by atoms with Gasteiger partial charge in [0.15, 0.2) is 0 Å². The Bertz CT molecular complexity index is 374. The van der Waals surface area contributed by atoms with Crippen LogP contribution < -0.4 is 5.73 Å². The summed E-state index contributed by atoms with van der Waals surface area (Å²) in [6.07, 6.45) is -4.47. The van der Waals surface area contributed by atoms with Gasteiger partial charge in [-0.2, -0.15) is 13.2 Å². The standard InChI is InChI=1S/C10H11ClF3N/c1-5-3-7(8(11)4-6(5)2)9(15)10(12,13)14/h3-4,9H,15H2,1-2H3. The van der Waals surface area contributed by atoms with Crippen LogP contribution in [-0.2, 0) is 0 Å². The average Bonchev–Trinajstić information content (AvgIpc) is 2.08. The Labute approximate surface area is 91.0 Å². The zero-order valence-corrected chi connectivity index (χ0v) is 9.08. The van der Waals surface area contributed by atoms with Crippen LogP contribution in [0.1, 0.15) is 22.7 Å². The van der Waals surface area contributed by atoms with Gasteiger partial charge in [0, 0.05) is 5.02 Å². The maximum absolute atomic E-state index is 12.4. The summed E-state index contributed by atoms with van der Waals surface area (Å²) in [6.45, 7) is 3.50. The maximum Gasteiger partial charge on any atom is 0.407 e. The van der Waals surface area contributed by atoms with E-state index in [1.807, 2.05) is 0 Å². The Balaban J connectivity index is 3.21. The highest BCUT2D eigenvalue weighted by atomic mass is 35.5. The third-order valence-electron chi connectivity index (χ3n) is 2.30. The number of hydrogen-bond donors (Lipinski definition) is 1. The summed E-state index contributed by atoms with van der Waals surface area (Å²) < 4.78 is 37.1. The molecule has 15 heavy (non-hydrogen) atoms. The van der Waals surface area contributed by atoms with Gasteiger partial charge in [-0.05, 0) is 36.6 Å². The van der Waals surface area contributed by atoms with Crippen LogP contribution in [-0.4, -0.2) is 6.18 Å². The van der Waals surface area contributed by atoms with E-state index in [9.17, 15) is 13.2 Å². The van der Waals surface area contributed by atoms with Crippen molar-refractivity contribution in [3.63, 3.8) is 0 Å². The van der Waals surface area contributed by atoms with Crippen LogP contribution in [0.4, 0.5) is 13.2 Å². The fourth-order valence-corrected chi connectivity index (χ4v) is 1.55. The topological polar surface area (TPSA) is 26.0 Å². The van der Waals surface area contributed by atoms with Crippen molar-refractivity contribution >= 4 is 11.6 Å². The third-order valence-corrected chi connectivity index (χ3v) is 2.63. The number of halogens is 4. The number of aryl methyl sites for hydroxylation is 2. The number of nitrogens with two attached hydrogens (primary N) is 1. The molecule has 0 saturated heterocycles. The van der Waals surface area contributed by atoms with Crippen LogP contribution in [0.2, 0.25) is 5.02 Å². The van der Waals surface area contributed by atoms with Crippen molar-refractivity contribution in [3.05, 3.63) is 33.8 Å². The Morgan fingerprint density at radius 3 is 2.13 bits per heavy atom. The highest BCUT2D eigenvalue weighted by Crippen LogP contribution is 2.35. The molecule has 0 aliphatic heterocycles. The van der Waals surface area contributed by atoms with E-state index in [0.717, 1.165) is 11.1 Å². The van der Waals surface area contributed by atoms with Crippen LogP contribution in [0.15, 0.2) is 12.1 Å². The molecule has 0 aliphatic carbocycles. The van der Waals surface area contributed by atoms with E-state index < -0.39 is 12.2 Å². The summed E-state index contributed by atoms with van der Waals surface area (Å²) in [4.78, 5) is 0. The lowest BCUT2D eigenvalue weighted by Crippen LogP contribution is -2.28. The molecule has 0 amide bonds. The van der Waals surface area contributed by atoms with Gasteiger partial charge >= 0.3 is 6.18 Å². The van der Waals surface area contributed by atoms with E-state index in [-0.39, 0.29) is 10.6 Å². The van der Waals surface area contributed by atoms with Crippen molar-refractivity contribution in [2.75, 3.05) is 0 Å². The Morgan fingerprint density at radius 2 is 1.67 bits per heavy atom. The SMILES string of the molecule is Cc1cc(Cl)c(C(N)C(F)(F)F)cc1C. The van der Waals surface area contributed by atoms with E-state index in [1.165, 1.54) is 12.1 Å². The van der Waals surface area contributed by atoms with E-state index in [4.69, 9.17) is 17.3 Å². The third kappa shape index (κ3) is 2.63. The predicted molar refractivity (Wildman–Crippen MR) is 53.9 cm³/mol. The van der Waals surface area contributed by atoms with Gasteiger partial charge in [-0.3, -0.25) is 0 Å². The van der Waals surface area contributed by atoms with Gasteiger partial charge in [0.2, 0.25) is 0 Å². The molecule has 1 aromatic carbocycles. The van der Waals surface area contributed by atoms with Crippen LogP contribution >= 0.6 is 11.6 Å². The zero-order valence-electron chi connectivity index (χ0n) is 8.32. The van der Waals surface area contributed by atoms with Crippen LogP contribution in [0.5, 0.6) is 0 Å². The molecule has 1 aromatic rings. The fraction of sp³-hybridized carbons (Fsp3) is 0.400. The summed E-state index contributed by atoms with van der Waals surface area (Å²) in [5, 5.41) is 0.0583. The summed E-state index contributed by atoms with van der Waals surface area (Å²) >= 11 is 5.72. The predicted octanol–water partition coefficient (Wildman–Crippen LogP) is 3.52. The zero-order chi connectivity index (χ0) is 11.8. The van der Waals surface area contributed by atoms with Gasteiger partial charge in [-0.25, -0.2) is 0 Å². The lowest BCUT2D eigenvalue weighted by Gasteiger charge is -2.18. The first-order chi connectivity index (χ1) is 6.73. The van der Waals surface area contributed by atoms with Gasteiger partial charge in [0.1, 0.15) is 6.04 Å². The van der Waals surface area contributed by atoms with E-state index >= 15 is 0 Å². The first-order valence-electron chi connectivity index (χ1n) is 4.32. The van der Waals surface area contributed by atoms with Crippen molar-refractivity contribution < 1.29 is 13.2 Å². The first-order valence-corrected chi connectivity index (χ1v) is 4.70. The molecule has 1 rings (SSSR count). The number of benzene rings is 1. The van der Waals surface area contributed by atoms with Crippen molar-refractivity contribution in [3.8, 4) is 0 Å². The minimum Gasteiger partial charge on any atom is -0.316 e. The van der Waals surface area contributed by atoms with Crippen molar-refractivity contribution in [1.29, 1.82) is 0 Å². The molecule has 84 valence electrons. The fourth-order valence-electron chi connectivity index (χ4n) is 1.22. The summed E-state index contributed by atoms with van der Waals surface area (Å²) in [5.74, 6) is 0. The Morgan fingerprint density at radius 1 is 1.20 bits per heavy atom. The minimum absolute atomic E-state index is 0.0583. The molecule has 2 N–H and O–H groups in total. The molecule has 0 bridgehead atoms. The normalized spacial score (nSPS) is 14.1. The Kier molecular flexibility index (Phi) is 3.31. The average molecular weight is 238 g/mol. The quantitative estimate of drug-likeness (QED) is 0.795. The largest absolute Gasteiger partial charge is 0.407 e. The first kappa shape index (κ1) is 12.3. The molecule has 0 heterocycles. The molecule has 0 saturated carbocycles. The molecule has 5 heteroatoms. The van der Waals surface area contributed by atoms with E-state index in [1.54, 1.807) is 13.8 Å². The number of alkyl halides is 3. The van der Waals surface area contributed by atoms with Crippen LogP contribution in [0.25, 0.3) is 0 Å². The molecule has 1 atom stereocenters. The molecule has 1 unspecified atom stereocenters. The molecule has 0 aliphatic rings. The van der Waals surface area contributed by atoms with E-state index in [2.05, 4.69) is 0 Å². The summed E-state index contributed by atoms with van der Waals surface area (Å²) in [6, 6.07) is 0.859. The van der Waals surface area contributed by atoms with Crippen molar-refractivity contribution in [1.82, 2.24) is 0 Å². The van der Waals surface area contributed by atoms with Crippen LogP contribution in [0, 0.1) is 13.8 Å². The highest BCUT2D eigenvalue weighted by molar-refractivity contribution is 6.31. The van der Waals surface area contributed by atoms with Gasteiger partial charge in [0.25, 0.3) is 0 Å². The summed E-state index contributed by atoms with van der Waals surface area (Å²) in [5.41, 5.74) is 6.60. The smallest absolute Gasteiger partial charge is 0.316 e. The van der Waals surface area contributed by atoms with E-state index in [0.29, 0.717) is 0 Å². The molecule has 0 aromatic heterocycles. The molecular weight excluding hydrogens is 227 g/mol. The minimum atomic E-state index is -4.47. The molecule has 1 nitrogen and oxygen atoms in total. The lowest BCUT2D eigenvalue weighted by molar-refractivity contribution is -0.149. The van der Waals surface area contributed by atoms with Gasteiger partial charge in [-0.1, -0.05) is 17.7 Å². The second-order valence-electron chi connectivity index (χ2n) is 3.48.